The van der Waals surface area contributed by atoms with Crippen LogP contribution in [0.5, 0.6) is 5.75 Å². The molecule has 6 nitrogen and oxygen atoms in total. The number of hydrogen-bond donors (Lipinski definition) is 2. The van der Waals surface area contributed by atoms with Gasteiger partial charge in [0.2, 0.25) is 0 Å². The molecule has 1 amide bonds. The van der Waals surface area contributed by atoms with E-state index in [9.17, 15) is 9.90 Å². The topological polar surface area (TPSA) is 81.6 Å². The summed E-state index contributed by atoms with van der Waals surface area (Å²) < 4.78 is 0. The SMILES string of the molecule is O=C(N=C1SCCN1c1c(O)cccc1Cl)c1c[nH]c2ncccc12. The number of aromatic nitrogens is 2. The van der Waals surface area contributed by atoms with Crippen LogP contribution < -0.4 is 4.90 Å². The molecule has 2 aromatic heterocycles. The number of benzene rings is 1. The van der Waals surface area contributed by atoms with E-state index < -0.39 is 0 Å². The van der Waals surface area contributed by atoms with Gasteiger partial charge in [-0.15, -0.1) is 0 Å². The molecule has 1 aromatic carbocycles. The van der Waals surface area contributed by atoms with Crippen LogP contribution in [0.3, 0.4) is 0 Å². The summed E-state index contributed by atoms with van der Waals surface area (Å²) in [5.41, 5.74) is 1.58. The minimum atomic E-state index is -0.361. The number of fused-ring (bicyclic) bond motifs is 1. The van der Waals surface area contributed by atoms with E-state index in [1.807, 2.05) is 6.07 Å². The van der Waals surface area contributed by atoms with Crippen molar-refractivity contribution in [2.75, 3.05) is 17.2 Å². The monoisotopic (exact) mass is 372 g/mol. The van der Waals surface area contributed by atoms with Gasteiger partial charge in [-0.1, -0.05) is 29.4 Å². The van der Waals surface area contributed by atoms with Crippen molar-refractivity contribution in [2.45, 2.75) is 0 Å². The number of halogens is 1. The number of aromatic hydroxyl groups is 1. The Morgan fingerprint density at radius 1 is 1.36 bits per heavy atom. The van der Waals surface area contributed by atoms with E-state index in [0.29, 0.717) is 33.6 Å². The lowest BCUT2D eigenvalue weighted by molar-refractivity contribution is 0.100. The van der Waals surface area contributed by atoms with Gasteiger partial charge in [-0.2, -0.15) is 4.99 Å². The third kappa shape index (κ3) is 2.85. The van der Waals surface area contributed by atoms with Gasteiger partial charge in [-0.25, -0.2) is 4.98 Å². The fourth-order valence-corrected chi connectivity index (χ4v) is 3.97. The Balaban J connectivity index is 1.71. The van der Waals surface area contributed by atoms with Crippen LogP contribution in [0.15, 0.2) is 47.7 Å². The number of phenols is 1. The molecule has 0 atom stereocenters. The Hall–Kier alpha value is -2.51. The van der Waals surface area contributed by atoms with Crippen LogP contribution in [0, 0.1) is 0 Å². The van der Waals surface area contributed by atoms with Crippen LogP contribution in [-0.4, -0.2) is 38.4 Å². The third-order valence-corrected chi connectivity index (χ3v) is 5.15. The summed E-state index contributed by atoms with van der Waals surface area (Å²) >= 11 is 7.68. The molecule has 1 saturated heterocycles. The Labute approximate surface area is 152 Å². The van der Waals surface area contributed by atoms with Gasteiger partial charge in [0, 0.05) is 30.1 Å². The molecular formula is C17H13ClN4O2S. The second-order valence-corrected chi connectivity index (χ2v) is 6.88. The zero-order valence-corrected chi connectivity index (χ0v) is 14.5. The van der Waals surface area contributed by atoms with E-state index in [1.165, 1.54) is 11.8 Å². The number of hydrogen-bond acceptors (Lipinski definition) is 4. The van der Waals surface area contributed by atoms with E-state index in [2.05, 4.69) is 15.0 Å². The number of nitrogens with zero attached hydrogens (tertiary/aromatic N) is 3. The van der Waals surface area contributed by atoms with E-state index in [0.717, 1.165) is 11.1 Å². The lowest BCUT2D eigenvalue weighted by Crippen LogP contribution is -2.25. The number of aliphatic imine (C=N–C) groups is 1. The number of anilines is 1. The number of phenolic OH excluding ortho intramolecular Hbond substituents is 1. The van der Waals surface area contributed by atoms with Crippen molar-refractivity contribution in [2.24, 2.45) is 4.99 Å². The van der Waals surface area contributed by atoms with E-state index in [4.69, 9.17) is 11.6 Å². The fourth-order valence-electron chi connectivity index (χ4n) is 2.75. The molecule has 126 valence electrons. The smallest absolute Gasteiger partial charge is 0.281 e. The highest BCUT2D eigenvalue weighted by molar-refractivity contribution is 8.14. The van der Waals surface area contributed by atoms with E-state index >= 15 is 0 Å². The number of aromatic amines is 1. The highest BCUT2D eigenvalue weighted by Gasteiger charge is 2.27. The maximum absolute atomic E-state index is 12.7. The summed E-state index contributed by atoms with van der Waals surface area (Å²) in [6.07, 6.45) is 3.27. The normalized spacial score (nSPS) is 16.0. The van der Waals surface area contributed by atoms with Crippen molar-refractivity contribution in [1.29, 1.82) is 0 Å². The van der Waals surface area contributed by atoms with Crippen LogP contribution in [0.2, 0.25) is 5.02 Å². The number of H-pyrrole nitrogens is 1. The van der Waals surface area contributed by atoms with Gasteiger partial charge in [0.05, 0.1) is 10.6 Å². The summed E-state index contributed by atoms with van der Waals surface area (Å²) in [6, 6.07) is 8.54. The van der Waals surface area contributed by atoms with Gasteiger partial charge in [0.1, 0.15) is 17.1 Å². The maximum atomic E-state index is 12.7. The predicted molar refractivity (Wildman–Crippen MR) is 101 cm³/mol. The van der Waals surface area contributed by atoms with Crippen molar-refractivity contribution < 1.29 is 9.90 Å². The van der Waals surface area contributed by atoms with Crippen LogP contribution in [0.1, 0.15) is 10.4 Å². The van der Waals surface area contributed by atoms with Crippen molar-refractivity contribution in [3.8, 4) is 5.75 Å². The molecule has 0 saturated carbocycles. The fraction of sp³-hybridized carbons (Fsp3) is 0.118. The minimum absolute atomic E-state index is 0.0615. The molecule has 25 heavy (non-hydrogen) atoms. The number of para-hydroxylation sites is 1. The molecule has 0 bridgehead atoms. The Kier molecular flexibility index (Phi) is 4.10. The highest BCUT2D eigenvalue weighted by Crippen LogP contribution is 2.38. The van der Waals surface area contributed by atoms with Crippen molar-refractivity contribution in [3.05, 3.63) is 53.3 Å². The first-order valence-corrected chi connectivity index (χ1v) is 8.94. The molecular weight excluding hydrogens is 360 g/mol. The van der Waals surface area contributed by atoms with Gasteiger partial charge in [0.25, 0.3) is 5.91 Å². The van der Waals surface area contributed by atoms with E-state index in [-0.39, 0.29) is 11.7 Å². The van der Waals surface area contributed by atoms with Crippen LogP contribution in [0.4, 0.5) is 5.69 Å². The summed E-state index contributed by atoms with van der Waals surface area (Å²) in [7, 11) is 0. The largest absolute Gasteiger partial charge is 0.506 e. The number of amides is 1. The summed E-state index contributed by atoms with van der Waals surface area (Å²) in [5, 5.41) is 11.8. The molecule has 4 rings (SSSR count). The number of carbonyl (C=O) groups is 1. The average molecular weight is 373 g/mol. The molecule has 1 fully saturated rings. The Morgan fingerprint density at radius 3 is 3.08 bits per heavy atom. The Morgan fingerprint density at radius 2 is 2.24 bits per heavy atom. The summed E-state index contributed by atoms with van der Waals surface area (Å²) in [5.74, 6) is 0.457. The second-order valence-electron chi connectivity index (χ2n) is 5.41. The molecule has 0 spiro atoms. The van der Waals surface area contributed by atoms with Crippen molar-refractivity contribution >= 4 is 51.2 Å². The van der Waals surface area contributed by atoms with Crippen molar-refractivity contribution in [3.63, 3.8) is 0 Å². The molecule has 3 heterocycles. The molecule has 1 aliphatic heterocycles. The molecule has 0 radical (unpaired) electrons. The molecule has 0 aliphatic carbocycles. The first-order valence-electron chi connectivity index (χ1n) is 7.58. The number of amidine groups is 1. The first-order chi connectivity index (χ1) is 12.1. The third-order valence-electron chi connectivity index (χ3n) is 3.89. The van der Waals surface area contributed by atoms with Gasteiger partial charge >= 0.3 is 0 Å². The number of rotatable bonds is 2. The molecule has 2 N–H and O–H groups in total. The number of nitrogens with one attached hydrogen (secondary N) is 1. The zero-order valence-electron chi connectivity index (χ0n) is 12.9. The highest BCUT2D eigenvalue weighted by atomic mass is 35.5. The Bertz CT molecular complexity index is 981. The van der Waals surface area contributed by atoms with Crippen LogP contribution in [-0.2, 0) is 0 Å². The number of carbonyl (C=O) groups excluding carboxylic acids is 1. The van der Waals surface area contributed by atoms with Crippen LogP contribution >= 0.6 is 23.4 Å². The molecule has 3 aromatic rings. The average Bonchev–Trinajstić information content (AvgIpc) is 3.22. The second kappa shape index (κ2) is 6.42. The van der Waals surface area contributed by atoms with Gasteiger partial charge in [-0.3, -0.25) is 4.79 Å². The predicted octanol–water partition coefficient (Wildman–Crippen LogP) is 3.67. The molecule has 8 heteroatoms. The lowest BCUT2D eigenvalue weighted by Gasteiger charge is -2.20. The summed E-state index contributed by atoms with van der Waals surface area (Å²) in [6.45, 7) is 0.615. The first kappa shape index (κ1) is 16.0. The zero-order chi connectivity index (χ0) is 17.4. The number of thioether (sulfide) groups is 1. The van der Waals surface area contributed by atoms with Gasteiger partial charge in [-0.05, 0) is 24.3 Å². The van der Waals surface area contributed by atoms with Gasteiger partial charge < -0.3 is 15.0 Å². The minimum Gasteiger partial charge on any atom is -0.506 e. The molecule has 1 aliphatic rings. The van der Waals surface area contributed by atoms with Crippen molar-refractivity contribution in [1.82, 2.24) is 9.97 Å². The number of pyridine rings is 1. The quantitative estimate of drug-likeness (QED) is 0.717. The van der Waals surface area contributed by atoms with Crippen LogP contribution in [0.25, 0.3) is 11.0 Å². The molecule has 0 unspecified atom stereocenters. The van der Waals surface area contributed by atoms with Gasteiger partial charge in [0.15, 0.2) is 5.17 Å². The lowest BCUT2D eigenvalue weighted by atomic mass is 10.2. The maximum Gasteiger partial charge on any atom is 0.281 e. The van der Waals surface area contributed by atoms with E-state index in [1.54, 1.807) is 41.6 Å². The standard InChI is InChI=1S/C17H13ClN4O2S/c18-12-4-1-5-13(23)14(12)22-7-8-25-17(22)21-16(24)11-9-20-15-10(11)3-2-6-19-15/h1-6,9,23H,7-8H2,(H,19,20). The summed E-state index contributed by atoms with van der Waals surface area (Å²) in [4.78, 5) is 25.8.